The van der Waals surface area contributed by atoms with E-state index in [1.807, 2.05) is 19.9 Å². The first kappa shape index (κ1) is 14.6. The van der Waals surface area contributed by atoms with Gasteiger partial charge in [-0.1, -0.05) is 6.07 Å². The Kier molecular flexibility index (Phi) is 3.20. The third-order valence-electron chi connectivity index (χ3n) is 3.96. The quantitative estimate of drug-likeness (QED) is 0.587. The number of imidazole rings is 1. The van der Waals surface area contributed by atoms with Crippen molar-refractivity contribution in [3.05, 3.63) is 57.2 Å². The number of rotatable bonds is 2. The molecule has 0 aliphatic carbocycles. The van der Waals surface area contributed by atoms with Gasteiger partial charge in [-0.15, -0.1) is 11.3 Å². The third kappa shape index (κ3) is 2.11. The number of carbonyl (C=O) groups excluding carboxylic acids is 1. The van der Waals surface area contributed by atoms with Gasteiger partial charge in [0.1, 0.15) is 11.1 Å². The van der Waals surface area contributed by atoms with E-state index in [1.54, 1.807) is 18.5 Å². The minimum absolute atomic E-state index is 0.000869. The number of aromatic amines is 1. The van der Waals surface area contributed by atoms with Gasteiger partial charge in [-0.3, -0.25) is 14.0 Å². The second-order valence-corrected chi connectivity index (χ2v) is 6.58. The molecule has 0 aliphatic rings. The molecular formula is C16H13N5O2S. The molecule has 0 saturated carbocycles. The molecule has 0 atom stereocenters. The summed E-state index contributed by atoms with van der Waals surface area (Å²) in [5.41, 5.74) is 2.43. The summed E-state index contributed by atoms with van der Waals surface area (Å²) in [6.45, 7) is 3.76. The standard InChI is InChI=1S/C16H13N5O2S/c1-8-9(2)24-16-17-6-10(15(23)21(8)16)14(22)20-12-5-3-4-11-13(12)19-7-18-11/h3-7H,1-2H3,(H,18,19)(H,20,22). The number of carbonyl (C=O) groups is 1. The minimum atomic E-state index is -0.499. The van der Waals surface area contributed by atoms with E-state index in [0.717, 1.165) is 16.1 Å². The Morgan fingerprint density at radius 3 is 2.96 bits per heavy atom. The van der Waals surface area contributed by atoms with E-state index in [1.165, 1.54) is 21.9 Å². The first-order chi connectivity index (χ1) is 11.6. The van der Waals surface area contributed by atoms with Crippen molar-refractivity contribution in [2.24, 2.45) is 0 Å². The minimum Gasteiger partial charge on any atom is -0.345 e. The highest BCUT2D eigenvalue weighted by Gasteiger charge is 2.17. The van der Waals surface area contributed by atoms with Gasteiger partial charge in [0, 0.05) is 16.8 Å². The van der Waals surface area contributed by atoms with Gasteiger partial charge in [0.05, 0.1) is 17.5 Å². The van der Waals surface area contributed by atoms with E-state index < -0.39 is 5.91 Å². The summed E-state index contributed by atoms with van der Waals surface area (Å²) in [4.78, 5) is 38.2. The Morgan fingerprint density at radius 1 is 1.29 bits per heavy atom. The number of fused-ring (bicyclic) bond motifs is 2. The fourth-order valence-corrected chi connectivity index (χ4v) is 3.52. The average Bonchev–Trinajstić information content (AvgIpc) is 3.14. The van der Waals surface area contributed by atoms with E-state index in [9.17, 15) is 9.59 Å². The molecule has 4 aromatic rings. The molecule has 0 saturated heterocycles. The molecule has 8 heteroatoms. The van der Waals surface area contributed by atoms with Crippen molar-refractivity contribution >= 4 is 38.9 Å². The van der Waals surface area contributed by atoms with Crippen LogP contribution in [-0.4, -0.2) is 25.3 Å². The number of aromatic nitrogens is 4. The largest absolute Gasteiger partial charge is 0.345 e. The molecule has 1 aromatic carbocycles. The Morgan fingerprint density at radius 2 is 2.12 bits per heavy atom. The van der Waals surface area contributed by atoms with Crippen molar-refractivity contribution in [3.8, 4) is 0 Å². The van der Waals surface area contributed by atoms with Crippen LogP contribution >= 0.6 is 11.3 Å². The second-order valence-electron chi connectivity index (χ2n) is 5.40. The lowest BCUT2D eigenvalue weighted by atomic mass is 10.2. The Labute approximate surface area is 140 Å². The van der Waals surface area contributed by atoms with Crippen LogP contribution in [0.4, 0.5) is 5.69 Å². The summed E-state index contributed by atoms with van der Waals surface area (Å²) in [6, 6.07) is 5.40. The monoisotopic (exact) mass is 339 g/mol. The number of thiazole rings is 1. The molecule has 3 aromatic heterocycles. The molecule has 2 N–H and O–H groups in total. The number of H-pyrrole nitrogens is 1. The molecule has 0 bridgehead atoms. The van der Waals surface area contributed by atoms with Crippen molar-refractivity contribution in [2.45, 2.75) is 13.8 Å². The maximum absolute atomic E-state index is 12.7. The fourth-order valence-electron chi connectivity index (χ4n) is 2.59. The lowest BCUT2D eigenvalue weighted by Crippen LogP contribution is -2.26. The smallest absolute Gasteiger partial charge is 0.271 e. The van der Waals surface area contributed by atoms with E-state index >= 15 is 0 Å². The van der Waals surface area contributed by atoms with Crippen molar-refractivity contribution in [3.63, 3.8) is 0 Å². The SMILES string of the molecule is Cc1sc2ncc(C(=O)Nc3cccc4[nH]cnc34)c(=O)n2c1C. The molecule has 1 amide bonds. The van der Waals surface area contributed by atoms with Crippen LogP contribution in [0.3, 0.4) is 0 Å². The van der Waals surface area contributed by atoms with Gasteiger partial charge < -0.3 is 10.3 Å². The lowest BCUT2D eigenvalue weighted by Gasteiger charge is -2.06. The topological polar surface area (TPSA) is 92.2 Å². The molecule has 7 nitrogen and oxygen atoms in total. The van der Waals surface area contributed by atoms with Crippen LogP contribution in [0.1, 0.15) is 20.9 Å². The van der Waals surface area contributed by atoms with E-state index in [2.05, 4.69) is 20.3 Å². The lowest BCUT2D eigenvalue weighted by molar-refractivity contribution is 0.102. The number of amides is 1. The average molecular weight is 339 g/mol. The van der Waals surface area contributed by atoms with Crippen molar-refractivity contribution in [1.82, 2.24) is 19.4 Å². The summed E-state index contributed by atoms with van der Waals surface area (Å²) < 4.78 is 1.48. The van der Waals surface area contributed by atoms with Gasteiger partial charge in [-0.2, -0.15) is 0 Å². The number of hydrogen-bond donors (Lipinski definition) is 2. The van der Waals surface area contributed by atoms with E-state index in [0.29, 0.717) is 16.2 Å². The predicted octanol–water partition coefficient (Wildman–Crippen LogP) is 2.50. The molecule has 0 spiro atoms. The zero-order valence-electron chi connectivity index (χ0n) is 13.0. The van der Waals surface area contributed by atoms with Gasteiger partial charge >= 0.3 is 0 Å². The summed E-state index contributed by atoms with van der Waals surface area (Å²) in [7, 11) is 0. The van der Waals surface area contributed by atoms with Crippen LogP contribution in [0.5, 0.6) is 0 Å². The number of aryl methyl sites for hydroxylation is 2. The van der Waals surface area contributed by atoms with E-state index in [4.69, 9.17) is 0 Å². The Bertz CT molecular complexity index is 1150. The van der Waals surface area contributed by atoms with Crippen LogP contribution in [-0.2, 0) is 0 Å². The number of nitrogens with zero attached hydrogens (tertiary/aromatic N) is 3. The number of anilines is 1. The molecular weight excluding hydrogens is 326 g/mol. The Balaban J connectivity index is 1.79. The van der Waals surface area contributed by atoms with Crippen LogP contribution in [0, 0.1) is 13.8 Å². The first-order valence-electron chi connectivity index (χ1n) is 7.27. The second kappa shape index (κ2) is 5.27. The molecule has 0 radical (unpaired) electrons. The van der Waals surface area contributed by atoms with Crippen molar-refractivity contribution in [1.29, 1.82) is 0 Å². The highest BCUT2D eigenvalue weighted by Crippen LogP contribution is 2.21. The van der Waals surface area contributed by atoms with Crippen LogP contribution in [0.25, 0.3) is 16.0 Å². The summed E-state index contributed by atoms with van der Waals surface area (Å²) >= 11 is 1.43. The highest BCUT2D eigenvalue weighted by molar-refractivity contribution is 7.17. The number of hydrogen-bond acceptors (Lipinski definition) is 5. The van der Waals surface area contributed by atoms with Crippen LogP contribution in [0.15, 0.2) is 35.5 Å². The molecule has 24 heavy (non-hydrogen) atoms. The van der Waals surface area contributed by atoms with Gasteiger partial charge in [-0.25, -0.2) is 9.97 Å². The van der Waals surface area contributed by atoms with Crippen molar-refractivity contribution in [2.75, 3.05) is 5.32 Å². The number of para-hydroxylation sites is 1. The number of benzene rings is 1. The molecule has 120 valence electrons. The number of nitrogens with one attached hydrogen (secondary N) is 2. The van der Waals surface area contributed by atoms with Gasteiger partial charge in [0.15, 0.2) is 4.96 Å². The first-order valence-corrected chi connectivity index (χ1v) is 8.09. The van der Waals surface area contributed by atoms with Gasteiger partial charge in [0.25, 0.3) is 11.5 Å². The normalized spacial score (nSPS) is 11.2. The molecule has 3 heterocycles. The third-order valence-corrected chi connectivity index (χ3v) is 5.03. The molecule has 0 unspecified atom stereocenters. The Hall–Kier alpha value is -3.00. The maximum atomic E-state index is 12.7. The predicted molar refractivity (Wildman–Crippen MR) is 92.9 cm³/mol. The van der Waals surface area contributed by atoms with Gasteiger partial charge in [0.2, 0.25) is 0 Å². The molecule has 4 rings (SSSR count). The fraction of sp³-hybridized carbons (Fsp3) is 0.125. The van der Waals surface area contributed by atoms with Crippen LogP contribution < -0.4 is 10.9 Å². The summed E-state index contributed by atoms with van der Waals surface area (Å²) in [5, 5.41) is 2.75. The summed E-state index contributed by atoms with van der Waals surface area (Å²) in [6.07, 6.45) is 2.88. The molecule has 0 aliphatic heterocycles. The zero-order valence-corrected chi connectivity index (χ0v) is 13.8. The summed E-state index contributed by atoms with van der Waals surface area (Å²) in [5.74, 6) is -0.499. The molecule has 0 fully saturated rings. The van der Waals surface area contributed by atoms with Crippen LogP contribution in [0.2, 0.25) is 0 Å². The van der Waals surface area contributed by atoms with E-state index in [-0.39, 0.29) is 11.1 Å². The maximum Gasteiger partial charge on any atom is 0.271 e. The van der Waals surface area contributed by atoms with Crippen molar-refractivity contribution < 1.29 is 4.79 Å². The zero-order chi connectivity index (χ0) is 16.8. The highest BCUT2D eigenvalue weighted by atomic mass is 32.1. The van der Waals surface area contributed by atoms with Gasteiger partial charge in [-0.05, 0) is 26.0 Å².